The minimum absolute atomic E-state index is 0.0183. The van der Waals surface area contributed by atoms with Gasteiger partial charge in [0.15, 0.2) is 0 Å². The fourth-order valence-electron chi connectivity index (χ4n) is 4.56. The predicted octanol–water partition coefficient (Wildman–Crippen LogP) is 2.27. The van der Waals surface area contributed by atoms with Crippen molar-refractivity contribution in [2.45, 2.75) is 25.7 Å². The summed E-state index contributed by atoms with van der Waals surface area (Å²) in [5.74, 6) is 0.177. The molecule has 1 spiro atoms. The van der Waals surface area contributed by atoms with Crippen LogP contribution in [0.5, 0.6) is 0 Å². The van der Waals surface area contributed by atoms with Gasteiger partial charge in [0.25, 0.3) is 5.91 Å². The van der Waals surface area contributed by atoms with Gasteiger partial charge in [0.2, 0.25) is 5.91 Å². The summed E-state index contributed by atoms with van der Waals surface area (Å²) >= 11 is 1.52. The Bertz CT molecular complexity index is 857. The fraction of sp³-hybridized carbons (Fsp3) is 0.526. The molecular weight excluding hydrogens is 348 g/mol. The van der Waals surface area contributed by atoms with Crippen molar-refractivity contribution in [3.05, 3.63) is 39.8 Å². The summed E-state index contributed by atoms with van der Waals surface area (Å²) in [4.78, 5) is 31.9. The zero-order chi connectivity index (χ0) is 18.5. The van der Waals surface area contributed by atoms with Gasteiger partial charge < -0.3 is 9.80 Å². The van der Waals surface area contributed by atoms with Gasteiger partial charge in [0.1, 0.15) is 0 Å². The van der Waals surface area contributed by atoms with Crippen molar-refractivity contribution in [3.8, 4) is 0 Å². The van der Waals surface area contributed by atoms with Gasteiger partial charge in [-0.3, -0.25) is 14.3 Å². The molecule has 7 heteroatoms. The average molecular weight is 372 g/mol. The Labute approximate surface area is 157 Å². The number of likely N-dealkylation sites (tertiary alicyclic amines) is 2. The molecule has 6 nitrogen and oxygen atoms in total. The molecule has 4 heterocycles. The Morgan fingerprint density at radius 1 is 1.31 bits per heavy atom. The van der Waals surface area contributed by atoms with Crippen molar-refractivity contribution in [1.29, 1.82) is 0 Å². The molecule has 2 saturated heterocycles. The van der Waals surface area contributed by atoms with Gasteiger partial charge in [0, 0.05) is 56.4 Å². The van der Waals surface area contributed by atoms with Crippen molar-refractivity contribution in [1.82, 2.24) is 19.6 Å². The lowest BCUT2D eigenvalue weighted by Crippen LogP contribution is -2.51. The van der Waals surface area contributed by atoms with E-state index in [0.717, 1.165) is 34.8 Å². The first-order valence-electron chi connectivity index (χ1n) is 9.01. The van der Waals surface area contributed by atoms with Gasteiger partial charge in [0.05, 0.1) is 10.3 Å². The van der Waals surface area contributed by atoms with Crippen LogP contribution in [-0.4, -0.2) is 58.1 Å². The number of rotatable bonds is 2. The van der Waals surface area contributed by atoms with Crippen LogP contribution >= 0.6 is 11.3 Å². The number of amides is 2. The smallest absolute Gasteiger partial charge is 0.263 e. The van der Waals surface area contributed by atoms with Gasteiger partial charge >= 0.3 is 0 Å². The van der Waals surface area contributed by atoms with Crippen LogP contribution in [0, 0.1) is 12.3 Å². The Morgan fingerprint density at radius 3 is 2.77 bits per heavy atom. The quantitative estimate of drug-likeness (QED) is 0.813. The summed E-state index contributed by atoms with van der Waals surface area (Å²) in [6.45, 7) is 3.85. The lowest BCUT2D eigenvalue weighted by Gasteiger charge is -2.40. The third-order valence-electron chi connectivity index (χ3n) is 5.89. The van der Waals surface area contributed by atoms with E-state index in [1.54, 1.807) is 6.20 Å². The molecule has 2 aliphatic rings. The maximum Gasteiger partial charge on any atom is 0.263 e. The highest BCUT2D eigenvalue weighted by atomic mass is 32.1. The minimum Gasteiger partial charge on any atom is -0.345 e. The summed E-state index contributed by atoms with van der Waals surface area (Å²) in [5.41, 5.74) is 0.495. The van der Waals surface area contributed by atoms with E-state index in [2.05, 4.69) is 5.10 Å². The summed E-state index contributed by atoms with van der Waals surface area (Å²) in [6.07, 6.45) is 3.56. The van der Waals surface area contributed by atoms with E-state index in [0.29, 0.717) is 13.1 Å². The molecule has 0 saturated carbocycles. The Morgan fingerprint density at radius 2 is 2.12 bits per heavy atom. The first-order chi connectivity index (χ1) is 12.4. The Hall–Kier alpha value is -2.15. The molecule has 2 aromatic rings. The molecule has 2 fully saturated rings. The molecular formula is C19H24N4O2S. The number of aromatic nitrogens is 2. The molecule has 4 rings (SSSR count). The second-order valence-electron chi connectivity index (χ2n) is 7.51. The van der Waals surface area contributed by atoms with Crippen molar-refractivity contribution in [2.75, 3.05) is 26.7 Å². The van der Waals surface area contributed by atoms with Gasteiger partial charge in [-0.15, -0.1) is 11.3 Å². The third kappa shape index (κ3) is 2.57. The highest BCUT2D eigenvalue weighted by Gasteiger charge is 2.56. The molecule has 138 valence electrons. The molecule has 2 aromatic heterocycles. The zero-order valence-electron chi connectivity index (χ0n) is 15.4. The summed E-state index contributed by atoms with van der Waals surface area (Å²) in [7, 11) is 3.78. The van der Waals surface area contributed by atoms with Crippen LogP contribution in [-0.2, 0) is 11.8 Å². The Balaban J connectivity index is 1.72. The highest BCUT2D eigenvalue weighted by molar-refractivity contribution is 7.13. The van der Waals surface area contributed by atoms with Gasteiger partial charge in [-0.05, 0) is 38.0 Å². The first-order valence-corrected chi connectivity index (χ1v) is 9.83. The molecule has 26 heavy (non-hydrogen) atoms. The fourth-order valence-corrected chi connectivity index (χ4v) is 5.40. The van der Waals surface area contributed by atoms with E-state index in [1.807, 2.05) is 53.7 Å². The summed E-state index contributed by atoms with van der Waals surface area (Å²) < 4.78 is 1.84. The van der Waals surface area contributed by atoms with E-state index in [4.69, 9.17) is 0 Å². The number of hydrogen-bond donors (Lipinski definition) is 0. The van der Waals surface area contributed by atoms with E-state index in [-0.39, 0.29) is 17.7 Å². The number of hydrogen-bond acceptors (Lipinski definition) is 4. The first kappa shape index (κ1) is 17.3. The number of nitrogens with zero attached hydrogens (tertiary/aromatic N) is 4. The van der Waals surface area contributed by atoms with E-state index < -0.39 is 5.41 Å². The van der Waals surface area contributed by atoms with Crippen LogP contribution in [0.2, 0.25) is 0 Å². The minimum atomic E-state index is -0.539. The second kappa shape index (κ2) is 6.23. The van der Waals surface area contributed by atoms with Gasteiger partial charge in [-0.1, -0.05) is 0 Å². The lowest BCUT2D eigenvalue weighted by molar-refractivity contribution is -0.144. The highest BCUT2D eigenvalue weighted by Crippen LogP contribution is 2.49. The zero-order valence-corrected chi connectivity index (χ0v) is 16.3. The van der Waals surface area contributed by atoms with Gasteiger partial charge in [-0.2, -0.15) is 5.10 Å². The average Bonchev–Trinajstić information content (AvgIpc) is 3.31. The maximum absolute atomic E-state index is 13.2. The van der Waals surface area contributed by atoms with Crippen LogP contribution in [0.3, 0.4) is 0 Å². The molecule has 0 aromatic carbocycles. The predicted molar refractivity (Wildman–Crippen MR) is 100 cm³/mol. The molecule has 0 aliphatic carbocycles. The SMILES string of the molecule is Cc1ccc(C(=O)N2C[C@@H](c3ccnn3C)[C@@]3(CCCN(C)C3=O)C2)s1. The van der Waals surface area contributed by atoms with Crippen LogP contribution in [0.4, 0.5) is 0 Å². The lowest BCUT2D eigenvalue weighted by atomic mass is 9.70. The third-order valence-corrected chi connectivity index (χ3v) is 6.87. The number of carbonyl (C=O) groups is 2. The molecule has 2 atom stereocenters. The molecule has 2 amide bonds. The van der Waals surface area contributed by atoms with Crippen LogP contribution in [0.25, 0.3) is 0 Å². The van der Waals surface area contributed by atoms with Crippen molar-refractivity contribution >= 4 is 23.2 Å². The number of piperidine rings is 1. The molecule has 2 aliphatic heterocycles. The molecule has 0 radical (unpaired) electrons. The summed E-state index contributed by atoms with van der Waals surface area (Å²) in [5, 5.41) is 4.31. The largest absolute Gasteiger partial charge is 0.345 e. The molecule has 0 N–H and O–H groups in total. The van der Waals surface area contributed by atoms with E-state index in [1.165, 1.54) is 11.3 Å². The molecule has 0 unspecified atom stereocenters. The van der Waals surface area contributed by atoms with Crippen LogP contribution < -0.4 is 0 Å². The molecule has 0 bridgehead atoms. The van der Waals surface area contributed by atoms with Gasteiger partial charge in [-0.25, -0.2) is 0 Å². The topological polar surface area (TPSA) is 58.4 Å². The number of aryl methyl sites for hydroxylation is 2. The summed E-state index contributed by atoms with van der Waals surface area (Å²) in [6, 6.07) is 5.85. The Kier molecular flexibility index (Phi) is 4.14. The maximum atomic E-state index is 13.2. The van der Waals surface area contributed by atoms with Crippen LogP contribution in [0.15, 0.2) is 24.4 Å². The van der Waals surface area contributed by atoms with Crippen molar-refractivity contribution in [2.24, 2.45) is 12.5 Å². The van der Waals surface area contributed by atoms with Crippen molar-refractivity contribution in [3.63, 3.8) is 0 Å². The number of thiophene rings is 1. The van der Waals surface area contributed by atoms with Crippen molar-refractivity contribution < 1.29 is 9.59 Å². The normalized spacial score (nSPS) is 26.1. The van der Waals surface area contributed by atoms with E-state index >= 15 is 0 Å². The monoisotopic (exact) mass is 372 g/mol. The second-order valence-corrected chi connectivity index (χ2v) is 8.80. The standard InChI is InChI=1S/C19H24N4O2S/c1-13-5-6-16(26-13)17(24)23-11-14(15-7-9-20-22(15)3)19(12-23)8-4-10-21(2)18(19)25/h5-7,9,14H,4,8,10-12H2,1-3H3/t14-,19+/m0/s1. The van der Waals surface area contributed by atoms with Crippen LogP contribution in [0.1, 0.15) is 39.0 Å². The number of carbonyl (C=O) groups excluding carboxylic acids is 2. The van der Waals surface area contributed by atoms with E-state index in [9.17, 15) is 9.59 Å².